The van der Waals surface area contributed by atoms with Crippen LogP contribution in [0.15, 0.2) is 22.7 Å². The van der Waals surface area contributed by atoms with Crippen LogP contribution in [0.1, 0.15) is 25.3 Å². The van der Waals surface area contributed by atoms with E-state index in [1.807, 2.05) is 32.0 Å². The largest absolute Gasteiger partial charge is 0.494 e. The predicted octanol–water partition coefficient (Wildman–Crippen LogP) is 3.15. The Hall–Kier alpha value is -0.830. The van der Waals surface area contributed by atoms with Gasteiger partial charge in [-0.25, -0.2) is 0 Å². The molecule has 1 aromatic rings. The first-order valence-corrected chi connectivity index (χ1v) is 5.36. The number of halogens is 1. The van der Waals surface area contributed by atoms with Crippen LogP contribution in [0.25, 0.3) is 0 Å². The zero-order valence-electron chi connectivity index (χ0n) is 8.29. The van der Waals surface area contributed by atoms with Crippen LogP contribution in [0.2, 0.25) is 0 Å². The maximum atomic E-state index is 10.7. The van der Waals surface area contributed by atoms with E-state index in [9.17, 15) is 4.79 Å². The van der Waals surface area contributed by atoms with Crippen molar-refractivity contribution in [2.45, 2.75) is 19.8 Å². The van der Waals surface area contributed by atoms with Gasteiger partial charge < -0.3 is 9.53 Å². The van der Waals surface area contributed by atoms with E-state index >= 15 is 0 Å². The first-order valence-electron chi connectivity index (χ1n) is 4.57. The lowest BCUT2D eigenvalue weighted by Gasteiger charge is -2.13. The maximum Gasteiger partial charge on any atom is 0.127 e. The molecular formula is C11H13BrO2. The van der Waals surface area contributed by atoms with Gasteiger partial charge in [0.15, 0.2) is 0 Å². The Balaban J connectivity index is 3.14. The fraction of sp³-hybridized carbons (Fsp3) is 0.364. The molecule has 1 rings (SSSR count). The van der Waals surface area contributed by atoms with Crippen molar-refractivity contribution < 1.29 is 9.53 Å². The molecule has 1 atom stereocenters. The Morgan fingerprint density at radius 3 is 2.86 bits per heavy atom. The zero-order valence-corrected chi connectivity index (χ0v) is 9.87. The van der Waals surface area contributed by atoms with E-state index in [4.69, 9.17) is 4.74 Å². The van der Waals surface area contributed by atoms with Gasteiger partial charge in [-0.3, -0.25) is 0 Å². The Kier molecular flexibility index (Phi) is 4.14. The minimum Gasteiger partial charge on any atom is -0.494 e. The molecule has 0 aliphatic heterocycles. The average Bonchev–Trinajstić information content (AvgIpc) is 2.18. The summed E-state index contributed by atoms with van der Waals surface area (Å²) in [6.45, 7) is 4.39. The molecule has 0 saturated heterocycles. The third-order valence-corrected chi connectivity index (χ3v) is 2.66. The Morgan fingerprint density at radius 2 is 2.29 bits per heavy atom. The normalized spacial score (nSPS) is 12.2. The van der Waals surface area contributed by atoms with Gasteiger partial charge in [-0.2, -0.15) is 0 Å². The molecule has 1 aromatic carbocycles. The smallest absolute Gasteiger partial charge is 0.127 e. The molecule has 0 N–H and O–H groups in total. The summed E-state index contributed by atoms with van der Waals surface area (Å²) in [7, 11) is 0. The van der Waals surface area contributed by atoms with Crippen LogP contribution < -0.4 is 4.74 Å². The fourth-order valence-electron chi connectivity index (χ4n) is 1.31. The second kappa shape index (κ2) is 5.15. The lowest BCUT2D eigenvalue weighted by molar-refractivity contribution is -0.108. The maximum absolute atomic E-state index is 10.7. The van der Waals surface area contributed by atoms with Gasteiger partial charge in [0, 0.05) is 16.0 Å². The van der Waals surface area contributed by atoms with Crippen LogP contribution in [0.5, 0.6) is 5.75 Å². The molecule has 0 bridgehead atoms. The molecule has 1 unspecified atom stereocenters. The lowest BCUT2D eigenvalue weighted by atomic mass is 10.0. The number of hydrogen-bond donors (Lipinski definition) is 0. The van der Waals surface area contributed by atoms with Crippen molar-refractivity contribution >= 4 is 22.2 Å². The molecule has 0 amide bonds. The number of rotatable bonds is 4. The number of hydrogen-bond acceptors (Lipinski definition) is 2. The molecule has 76 valence electrons. The van der Waals surface area contributed by atoms with Gasteiger partial charge in [0.25, 0.3) is 0 Å². The van der Waals surface area contributed by atoms with Crippen LogP contribution in [-0.2, 0) is 4.79 Å². The molecule has 0 aliphatic rings. The van der Waals surface area contributed by atoms with E-state index in [2.05, 4.69) is 15.9 Å². The topological polar surface area (TPSA) is 26.3 Å². The SMILES string of the molecule is CCOc1cccc(Br)c1C(C)C=O. The summed E-state index contributed by atoms with van der Waals surface area (Å²) in [6, 6.07) is 5.69. The minimum atomic E-state index is -0.146. The molecule has 3 heteroatoms. The van der Waals surface area contributed by atoms with Crippen molar-refractivity contribution in [2.24, 2.45) is 0 Å². The third kappa shape index (κ3) is 2.35. The monoisotopic (exact) mass is 256 g/mol. The molecular weight excluding hydrogens is 244 g/mol. The first kappa shape index (κ1) is 11.2. The number of aldehydes is 1. The van der Waals surface area contributed by atoms with E-state index < -0.39 is 0 Å². The summed E-state index contributed by atoms with van der Waals surface area (Å²) in [4.78, 5) is 10.7. The fourth-order valence-corrected chi connectivity index (χ4v) is 2.02. The van der Waals surface area contributed by atoms with Gasteiger partial charge in [0.05, 0.1) is 6.61 Å². The van der Waals surface area contributed by atoms with Crippen LogP contribution >= 0.6 is 15.9 Å². The van der Waals surface area contributed by atoms with Crippen molar-refractivity contribution in [3.8, 4) is 5.75 Å². The van der Waals surface area contributed by atoms with E-state index in [0.717, 1.165) is 22.1 Å². The molecule has 14 heavy (non-hydrogen) atoms. The highest BCUT2D eigenvalue weighted by atomic mass is 79.9. The van der Waals surface area contributed by atoms with Gasteiger partial charge in [-0.15, -0.1) is 0 Å². The molecule has 0 heterocycles. The van der Waals surface area contributed by atoms with Gasteiger partial charge >= 0.3 is 0 Å². The standard InChI is InChI=1S/C11H13BrO2/c1-3-14-10-6-4-5-9(12)11(10)8(2)7-13/h4-8H,3H2,1-2H3. The predicted molar refractivity (Wildman–Crippen MR) is 59.8 cm³/mol. The highest BCUT2D eigenvalue weighted by Gasteiger charge is 2.13. The second-order valence-corrected chi connectivity index (χ2v) is 3.86. The van der Waals surface area contributed by atoms with Crippen molar-refractivity contribution in [1.29, 1.82) is 0 Å². The Morgan fingerprint density at radius 1 is 1.57 bits per heavy atom. The molecule has 0 aromatic heterocycles. The van der Waals surface area contributed by atoms with Gasteiger partial charge in [-0.1, -0.05) is 28.9 Å². The van der Waals surface area contributed by atoms with Crippen LogP contribution in [0, 0.1) is 0 Å². The molecule has 0 aliphatic carbocycles. The number of ether oxygens (including phenoxy) is 1. The summed E-state index contributed by atoms with van der Waals surface area (Å²) in [5.74, 6) is 0.633. The van der Waals surface area contributed by atoms with Crippen molar-refractivity contribution in [1.82, 2.24) is 0 Å². The Labute approximate surface area is 92.4 Å². The van der Waals surface area contributed by atoms with Gasteiger partial charge in [0.1, 0.15) is 12.0 Å². The van der Waals surface area contributed by atoms with Crippen LogP contribution in [-0.4, -0.2) is 12.9 Å². The highest BCUT2D eigenvalue weighted by molar-refractivity contribution is 9.10. The van der Waals surface area contributed by atoms with Gasteiger partial charge in [0.2, 0.25) is 0 Å². The lowest BCUT2D eigenvalue weighted by Crippen LogP contribution is -2.02. The van der Waals surface area contributed by atoms with Crippen LogP contribution in [0.4, 0.5) is 0 Å². The van der Waals surface area contributed by atoms with Crippen LogP contribution in [0.3, 0.4) is 0 Å². The number of carbonyl (C=O) groups excluding carboxylic acids is 1. The number of carbonyl (C=O) groups is 1. The van der Waals surface area contributed by atoms with E-state index in [0.29, 0.717) is 6.61 Å². The third-order valence-electron chi connectivity index (χ3n) is 1.97. The van der Waals surface area contributed by atoms with Crippen molar-refractivity contribution in [3.63, 3.8) is 0 Å². The molecule has 2 nitrogen and oxygen atoms in total. The quantitative estimate of drug-likeness (QED) is 0.774. The summed E-state index contributed by atoms with van der Waals surface area (Å²) in [5, 5.41) is 0. The first-order chi connectivity index (χ1) is 6.70. The van der Waals surface area contributed by atoms with E-state index in [1.165, 1.54) is 0 Å². The minimum absolute atomic E-state index is 0.146. The molecule has 0 radical (unpaired) electrons. The molecule has 0 saturated carbocycles. The number of benzene rings is 1. The van der Waals surface area contributed by atoms with Gasteiger partial charge in [-0.05, 0) is 19.1 Å². The molecule has 0 fully saturated rings. The van der Waals surface area contributed by atoms with E-state index in [1.54, 1.807) is 0 Å². The summed E-state index contributed by atoms with van der Waals surface area (Å²) in [6.07, 6.45) is 0.919. The summed E-state index contributed by atoms with van der Waals surface area (Å²) >= 11 is 3.42. The Bertz CT molecular complexity index is 323. The van der Waals surface area contributed by atoms with Crippen molar-refractivity contribution in [3.05, 3.63) is 28.2 Å². The van der Waals surface area contributed by atoms with E-state index in [-0.39, 0.29) is 5.92 Å². The summed E-state index contributed by atoms with van der Waals surface area (Å²) in [5.41, 5.74) is 0.921. The summed E-state index contributed by atoms with van der Waals surface area (Å²) < 4.78 is 6.37. The molecule has 0 spiro atoms. The highest BCUT2D eigenvalue weighted by Crippen LogP contribution is 2.32. The van der Waals surface area contributed by atoms with Crippen molar-refractivity contribution in [2.75, 3.05) is 6.61 Å². The zero-order chi connectivity index (χ0) is 10.6. The average molecular weight is 257 g/mol. The second-order valence-electron chi connectivity index (χ2n) is 3.01.